The number of carbonyl (C=O) groups is 2. The van der Waals surface area contributed by atoms with Crippen molar-refractivity contribution in [3.05, 3.63) is 28.8 Å². The zero-order valence-corrected chi connectivity index (χ0v) is 13.2. The molecule has 0 saturated heterocycles. The Hall–Kier alpha value is -1.64. The fourth-order valence-electron chi connectivity index (χ4n) is 1.49. The van der Waals surface area contributed by atoms with Crippen molar-refractivity contribution in [2.24, 2.45) is 5.14 Å². The van der Waals surface area contributed by atoms with Crippen LogP contribution in [0.5, 0.6) is 0 Å². The van der Waals surface area contributed by atoms with E-state index in [1.165, 1.54) is 38.1 Å². The SMILES string of the molecule is C[C@@H](OC(=O)c1ccc(Cl)c(S(N)(=O)=O)c1)C(=O)N(C)C. The van der Waals surface area contributed by atoms with Gasteiger partial charge in [0.05, 0.1) is 10.6 Å². The number of rotatable bonds is 4. The zero-order chi connectivity index (χ0) is 16.4. The summed E-state index contributed by atoms with van der Waals surface area (Å²) in [4.78, 5) is 24.4. The maximum Gasteiger partial charge on any atom is 0.338 e. The van der Waals surface area contributed by atoms with Crippen LogP contribution < -0.4 is 5.14 Å². The molecule has 7 nitrogen and oxygen atoms in total. The van der Waals surface area contributed by atoms with E-state index in [4.69, 9.17) is 21.5 Å². The topological polar surface area (TPSA) is 107 Å². The highest BCUT2D eigenvalue weighted by atomic mass is 35.5. The molecular formula is C12H15ClN2O5S. The van der Waals surface area contributed by atoms with Crippen molar-refractivity contribution in [2.75, 3.05) is 14.1 Å². The van der Waals surface area contributed by atoms with Crippen molar-refractivity contribution in [1.82, 2.24) is 4.90 Å². The van der Waals surface area contributed by atoms with Gasteiger partial charge < -0.3 is 9.64 Å². The standard InChI is InChI=1S/C12H15ClN2O5S/c1-7(11(16)15(2)3)20-12(17)8-4-5-9(13)10(6-8)21(14,18)19/h4-7H,1-3H3,(H2,14,18,19)/t7-/m1/s1. The Bertz CT molecular complexity index is 672. The monoisotopic (exact) mass is 334 g/mol. The number of amides is 1. The summed E-state index contributed by atoms with van der Waals surface area (Å²) in [6, 6.07) is 3.51. The number of hydrogen-bond acceptors (Lipinski definition) is 5. The molecule has 21 heavy (non-hydrogen) atoms. The molecule has 0 bridgehead atoms. The van der Waals surface area contributed by atoms with E-state index in [-0.39, 0.29) is 15.5 Å². The van der Waals surface area contributed by atoms with Gasteiger partial charge in [-0.2, -0.15) is 0 Å². The molecule has 1 aromatic carbocycles. The summed E-state index contributed by atoms with van der Waals surface area (Å²) in [5.41, 5.74) is -0.0677. The number of carbonyl (C=O) groups excluding carboxylic acids is 2. The van der Waals surface area contributed by atoms with Crippen molar-refractivity contribution in [3.8, 4) is 0 Å². The quantitative estimate of drug-likeness (QED) is 0.812. The van der Waals surface area contributed by atoms with E-state index in [2.05, 4.69) is 0 Å². The first-order valence-corrected chi connectivity index (χ1v) is 7.71. The number of hydrogen-bond donors (Lipinski definition) is 1. The van der Waals surface area contributed by atoms with Gasteiger partial charge in [0, 0.05) is 14.1 Å². The molecule has 9 heteroatoms. The van der Waals surface area contributed by atoms with Gasteiger partial charge in [0.2, 0.25) is 10.0 Å². The molecule has 0 fully saturated rings. The molecule has 0 aliphatic carbocycles. The second-order valence-electron chi connectivity index (χ2n) is 4.47. The summed E-state index contributed by atoms with van der Waals surface area (Å²) in [6.45, 7) is 1.41. The van der Waals surface area contributed by atoms with Crippen molar-refractivity contribution in [3.63, 3.8) is 0 Å². The Morgan fingerprint density at radius 1 is 1.33 bits per heavy atom. The number of likely N-dealkylation sites (N-methyl/N-ethyl adjacent to an activating group) is 1. The Labute approximate surface area is 127 Å². The van der Waals surface area contributed by atoms with E-state index < -0.39 is 28.0 Å². The molecule has 0 unspecified atom stereocenters. The van der Waals surface area contributed by atoms with Gasteiger partial charge in [0.15, 0.2) is 6.10 Å². The van der Waals surface area contributed by atoms with Crippen LogP contribution in [0.2, 0.25) is 5.02 Å². The molecule has 0 aliphatic heterocycles. The van der Waals surface area contributed by atoms with E-state index in [9.17, 15) is 18.0 Å². The molecule has 0 aliphatic rings. The summed E-state index contributed by atoms with van der Waals surface area (Å²) >= 11 is 5.71. The maximum absolute atomic E-state index is 11.9. The van der Waals surface area contributed by atoms with E-state index in [0.29, 0.717) is 0 Å². The lowest BCUT2D eigenvalue weighted by Crippen LogP contribution is -2.34. The second-order valence-corrected chi connectivity index (χ2v) is 6.41. The Morgan fingerprint density at radius 2 is 1.90 bits per heavy atom. The fraction of sp³-hybridized carbons (Fsp3) is 0.333. The average Bonchev–Trinajstić information content (AvgIpc) is 2.36. The first-order valence-electron chi connectivity index (χ1n) is 5.78. The number of halogens is 1. The van der Waals surface area contributed by atoms with Crippen LogP contribution in [0.1, 0.15) is 17.3 Å². The Balaban J connectivity index is 3.02. The fourth-order valence-corrected chi connectivity index (χ4v) is 2.56. The predicted octanol–water partition coefficient (Wildman–Crippen LogP) is 0.621. The van der Waals surface area contributed by atoms with Crippen LogP contribution in [0.4, 0.5) is 0 Å². The van der Waals surface area contributed by atoms with Crippen LogP contribution in [0, 0.1) is 0 Å². The summed E-state index contributed by atoms with van der Waals surface area (Å²) in [5.74, 6) is -1.25. The number of esters is 1. The van der Waals surface area contributed by atoms with Crippen LogP contribution in [0.3, 0.4) is 0 Å². The number of sulfonamides is 1. The van der Waals surface area contributed by atoms with Crippen LogP contribution in [0.25, 0.3) is 0 Å². The molecule has 0 heterocycles. The van der Waals surface area contributed by atoms with E-state index >= 15 is 0 Å². The summed E-state index contributed by atoms with van der Waals surface area (Å²) in [7, 11) is -1.02. The van der Waals surface area contributed by atoms with E-state index in [1.807, 2.05) is 0 Å². The first kappa shape index (κ1) is 17.4. The molecule has 116 valence electrons. The predicted molar refractivity (Wildman–Crippen MR) is 76.4 cm³/mol. The third-order valence-electron chi connectivity index (χ3n) is 2.55. The van der Waals surface area contributed by atoms with Gasteiger partial charge in [-0.3, -0.25) is 4.79 Å². The minimum absolute atomic E-state index is 0.0677. The smallest absolute Gasteiger partial charge is 0.338 e. The molecule has 0 aromatic heterocycles. The van der Waals surface area contributed by atoms with Gasteiger partial charge in [-0.05, 0) is 25.1 Å². The molecule has 0 spiro atoms. The maximum atomic E-state index is 11.9. The summed E-state index contributed by atoms with van der Waals surface area (Å²) < 4.78 is 27.6. The molecule has 1 rings (SSSR count). The van der Waals surface area contributed by atoms with Crippen molar-refractivity contribution >= 4 is 33.5 Å². The first-order chi connectivity index (χ1) is 9.54. The van der Waals surface area contributed by atoms with Gasteiger partial charge >= 0.3 is 5.97 Å². The van der Waals surface area contributed by atoms with Crippen LogP contribution >= 0.6 is 11.6 Å². The van der Waals surface area contributed by atoms with Gasteiger partial charge in [-0.1, -0.05) is 11.6 Å². The van der Waals surface area contributed by atoms with E-state index in [1.54, 1.807) is 0 Å². The van der Waals surface area contributed by atoms with Crippen molar-refractivity contribution in [1.29, 1.82) is 0 Å². The number of benzene rings is 1. The Kier molecular flexibility index (Phi) is 5.32. The number of nitrogens with zero attached hydrogens (tertiary/aromatic N) is 1. The van der Waals surface area contributed by atoms with Crippen LogP contribution in [-0.4, -0.2) is 45.4 Å². The zero-order valence-electron chi connectivity index (χ0n) is 11.7. The second kappa shape index (κ2) is 6.42. The third-order valence-corrected chi connectivity index (χ3v) is 3.94. The van der Waals surface area contributed by atoms with E-state index in [0.717, 1.165) is 6.07 Å². The van der Waals surface area contributed by atoms with Crippen LogP contribution in [-0.2, 0) is 19.6 Å². The van der Waals surface area contributed by atoms with Gasteiger partial charge in [0.1, 0.15) is 4.90 Å². The highest BCUT2D eigenvalue weighted by Crippen LogP contribution is 2.22. The van der Waals surface area contributed by atoms with Gasteiger partial charge in [-0.25, -0.2) is 18.4 Å². The van der Waals surface area contributed by atoms with Gasteiger partial charge in [-0.15, -0.1) is 0 Å². The van der Waals surface area contributed by atoms with Crippen LogP contribution in [0.15, 0.2) is 23.1 Å². The summed E-state index contributed by atoms with van der Waals surface area (Å²) in [6.07, 6.45) is -0.999. The lowest BCUT2D eigenvalue weighted by Gasteiger charge is -2.17. The molecule has 0 saturated carbocycles. The average molecular weight is 335 g/mol. The van der Waals surface area contributed by atoms with Gasteiger partial charge in [0.25, 0.3) is 5.91 Å². The van der Waals surface area contributed by atoms with Crippen molar-refractivity contribution < 1.29 is 22.7 Å². The number of primary sulfonamides is 1. The minimum Gasteiger partial charge on any atom is -0.449 e. The molecule has 1 amide bonds. The lowest BCUT2D eigenvalue weighted by molar-refractivity contribution is -0.137. The Morgan fingerprint density at radius 3 is 2.38 bits per heavy atom. The van der Waals surface area contributed by atoms with Crippen molar-refractivity contribution in [2.45, 2.75) is 17.9 Å². The number of ether oxygens (including phenoxy) is 1. The highest BCUT2D eigenvalue weighted by Gasteiger charge is 2.22. The largest absolute Gasteiger partial charge is 0.449 e. The minimum atomic E-state index is -4.06. The molecule has 1 atom stereocenters. The third kappa shape index (κ3) is 4.42. The molecule has 0 radical (unpaired) electrons. The summed E-state index contributed by atoms with van der Waals surface area (Å²) in [5, 5.41) is 4.89. The highest BCUT2D eigenvalue weighted by molar-refractivity contribution is 7.89. The molecular weight excluding hydrogens is 320 g/mol. The molecule has 2 N–H and O–H groups in total. The lowest BCUT2D eigenvalue weighted by atomic mass is 10.2. The normalized spacial score (nSPS) is 12.6. The number of nitrogens with two attached hydrogens (primary N) is 1. The molecule has 1 aromatic rings.